The van der Waals surface area contributed by atoms with Gasteiger partial charge in [-0.25, -0.2) is 4.98 Å². The van der Waals surface area contributed by atoms with Crippen molar-refractivity contribution in [1.29, 1.82) is 0 Å². The summed E-state index contributed by atoms with van der Waals surface area (Å²) in [4.78, 5) is 26.3. The number of carbonyl (C=O) groups is 1. The normalized spacial score (nSPS) is 15.0. The molecule has 2 aliphatic rings. The number of ether oxygens (including phenoxy) is 1. The van der Waals surface area contributed by atoms with Gasteiger partial charge in [-0.05, 0) is 62.0 Å². The molecule has 222 valence electrons. The lowest BCUT2D eigenvalue weighted by Gasteiger charge is -2.22. The fourth-order valence-electron chi connectivity index (χ4n) is 5.59. The minimum absolute atomic E-state index is 0.0160. The molecule has 0 saturated carbocycles. The van der Waals surface area contributed by atoms with Gasteiger partial charge in [0.25, 0.3) is 5.91 Å². The highest BCUT2D eigenvalue weighted by atomic mass is 32.1. The number of hydrogen-bond donors (Lipinski definition) is 1. The van der Waals surface area contributed by atoms with Crippen molar-refractivity contribution in [2.75, 3.05) is 32.1 Å². The molecule has 10 heteroatoms. The molecule has 0 atom stereocenters. The summed E-state index contributed by atoms with van der Waals surface area (Å²) in [5, 5.41) is 12.8. The van der Waals surface area contributed by atoms with Crippen LogP contribution < -0.4 is 5.32 Å². The molecule has 0 spiro atoms. The van der Waals surface area contributed by atoms with Gasteiger partial charge < -0.3 is 19.4 Å². The van der Waals surface area contributed by atoms with Gasteiger partial charge in [-0.15, -0.1) is 28.1 Å². The van der Waals surface area contributed by atoms with Crippen LogP contribution >= 0.6 is 11.3 Å². The van der Waals surface area contributed by atoms with Crippen molar-refractivity contribution >= 4 is 33.1 Å². The summed E-state index contributed by atoms with van der Waals surface area (Å²) in [5.41, 5.74) is 4.06. The topological polar surface area (TPSA) is 106 Å². The molecule has 1 saturated heterocycles. The van der Waals surface area contributed by atoms with Gasteiger partial charge in [-0.3, -0.25) is 9.78 Å². The second-order valence-corrected chi connectivity index (χ2v) is 11.8. The van der Waals surface area contributed by atoms with Crippen LogP contribution in [-0.2, 0) is 17.7 Å². The van der Waals surface area contributed by atoms with E-state index in [1.165, 1.54) is 0 Å². The third kappa shape index (κ3) is 6.10. The molecule has 2 aliphatic heterocycles. The van der Waals surface area contributed by atoms with Gasteiger partial charge in [0.1, 0.15) is 5.82 Å². The maximum absolute atomic E-state index is 13.8. The molecule has 1 amide bonds. The monoisotopic (exact) mass is 588 g/mol. The van der Waals surface area contributed by atoms with Crippen molar-refractivity contribution in [1.82, 2.24) is 25.1 Å². The Labute approximate surface area is 251 Å². The number of amides is 1. The molecule has 1 N–H and O–H groups in total. The van der Waals surface area contributed by atoms with Gasteiger partial charge >= 0.3 is 0 Å². The van der Waals surface area contributed by atoms with E-state index in [4.69, 9.17) is 14.1 Å². The minimum atomic E-state index is 0.0160. The largest absolute Gasteiger partial charge is 0.421 e. The number of aryl methyl sites for hydroxylation is 2. The highest BCUT2D eigenvalue weighted by Crippen LogP contribution is 2.46. The van der Waals surface area contributed by atoms with E-state index in [0.717, 1.165) is 95.0 Å². The first-order valence-corrected chi connectivity index (χ1v) is 15.7. The summed E-state index contributed by atoms with van der Waals surface area (Å²) in [6.07, 6.45) is 9.55. The maximum Gasteiger partial charge on any atom is 0.256 e. The summed E-state index contributed by atoms with van der Waals surface area (Å²) in [6, 6.07) is 4.15. The van der Waals surface area contributed by atoms with Gasteiger partial charge in [-0.2, -0.15) is 0 Å². The Balaban J connectivity index is 0.000000830. The molecule has 9 nitrogen and oxygen atoms in total. The lowest BCUT2D eigenvalue weighted by atomic mass is 9.90. The average molecular weight is 589 g/mol. The van der Waals surface area contributed by atoms with Gasteiger partial charge in [0.05, 0.1) is 33.8 Å². The van der Waals surface area contributed by atoms with E-state index in [0.29, 0.717) is 36.4 Å². The first-order chi connectivity index (χ1) is 20.5. The summed E-state index contributed by atoms with van der Waals surface area (Å²) in [7, 11) is 1.87. The summed E-state index contributed by atoms with van der Waals surface area (Å²) >= 11 is 1.62. The number of allylic oxidation sites excluding steroid dienone is 1. The summed E-state index contributed by atoms with van der Waals surface area (Å²) in [5.74, 6) is 2.33. The van der Waals surface area contributed by atoms with E-state index >= 15 is 0 Å². The van der Waals surface area contributed by atoms with Gasteiger partial charge in [0.15, 0.2) is 0 Å². The van der Waals surface area contributed by atoms with Crippen molar-refractivity contribution in [2.24, 2.45) is 5.92 Å². The molecular weight excluding hydrogens is 548 g/mol. The van der Waals surface area contributed by atoms with E-state index in [1.807, 2.05) is 24.1 Å². The second kappa shape index (κ2) is 13.6. The first-order valence-electron chi connectivity index (χ1n) is 14.9. The van der Waals surface area contributed by atoms with Crippen molar-refractivity contribution in [2.45, 2.75) is 65.8 Å². The first kappa shape index (κ1) is 29.8. The van der Waals surface area contributed by atoms with Crippen molar-refractivity contribution < 1.29 is 13.9 Å². The number of anilines is 1. The van der Waals surface area contributed by atoms with Crippen LogP contribution in [0, 0.1) is 12.8 Å². The Morgan fingerprint density at radius 2 is 1.98 bits per heavy atom. The lowest BCUT2D eigenvalue weighted by Crippen LogP contribution is -2.24. The van der Waals surface area contributed by atoms with Crippen LogP contribution in [0.3, 0.4) is 0 Å². The predicted octanol–water partition coefficient (Wildman–Crippen LogP) is 7.07. The Morgan fingerprint density at radius 3 is 2.64 bits per heavy atom. The van der Waals surface area contributed by atoms with E-state index in [1.54, 1.807) is 24.5 Å². The Hall–Kier alpha value is -3.63. The molecule has 0 aromatic carbocycles. The lowest BCUT2D eigenvalue weighted by molar-refractivity contribution is 0.0639. The van der Waals surface area contributed by atoms with Crippen molar-refractivity contribution in [3.8, 4) is 21.9 Å². The predicted molar refractivity (Wildman–Crippen MR) is 168 cm³/mol. The highest BCUT2D eigenvalue weighted by molar-refractivity contribution is 7.22. The Bertz CT molecular complexity index is 1560. The van der Waals surface area contributed by atoms with E-state index in [2.05, 4.69) is 47.0 Å². The van der Waals surface area contributed by atoms with Crippen molar-refractivity contribution in [3.05, 3.63) is 53.8 Å². The standard InChI is InChI=1S/C28H32N6O3S.C4H8/c1-4-11-34-15-20-23(28(34)35)24(21-14-18-7-10-30-26(29-3)25(18)38-21)22(27-33-32-16(2)37-27)19(31-20)6-5-17-8-12-36-13-9-17;1-3-4-2/h7,10,14,17H,4-6,8-9,11-13,15H2,1-3H3,(H,29,30);3H,1,4H2,2H3. The molecule has 0 aliphatic carbocycles. The average Bonchev–Trinajstić information content (AvgIpc) is 3.73. The number of rotatable bonds is 9. The minimum Gasteiger partial charge on any atom is -0.421 e. The number of thiophene rings is 1. The molecular formula is C32H40N6O3S. The zero-order valence-electron chi connectivity index (χ0n) is 25.0. The molecule has 6 heterocycles. The van der Waals surface area contributed by atoms with E-state index in [9.17, 15) is 4.79 Å². The summed E-state index contributed by atoms with van der Waals surface area (Å²) < 4.78 is 12.6. The van der Waals surface area contributed by atoms with Crippen LogP contribution in [0.2, 0.25) is 0 Å². The van der Waals surface area contributed by atoms with Crippen LogP contribution in [0.25, 0.3) is 32.0 Å². The molecule has 4 aromatic heterocycles. The highest BCUT2D eigenvalue weighted by Gasteiger charge is 2.36. The van der Waals surface area contributed by atoms with Crippen LogP contribution in [0.4, 0.5) is 5.82 Å². The number of fused-ring (bicyclic) bond motifs is 2. The fraction of sp³-hybridized carbons (Fsp3) is 0.469. The van der Waals surface area contributed by atoms with Crippen molar-refractivity contribution in [3.63, 3.8) is 0 Å². The molecule has 6 rings (SSSR count). The zero-order chi connectivity index (χ0) is 29.6. The molecule has 0 unspecified atom stereocenters. The Kier molecular flexibility index (Phi) is 9.64. The molecule has 0 radical (unpaired) electrons. The number of pyridine rings is 2. The van der Waals surface area contributed by atoms with Crippen LogP contribution in [-0.4, -0.2) is 57.8 Å². The third-order valence-electron chi connectivity index (χ3n) is 7.76. The maximum atomic E-state index is 13.8. The second-order valence-electron chi connectivity index (χ2n) is 10.7. The molecule has 1 fully saturated rings. The SMILES string of the molecule is C=CCC.CCCN1Cc2nc(CCC3CCOCC3)c(-c3nnc(C)o3)c(-c3cc4ccnc(NC)c4s3)c2C1=O. The quantitative estimate of drug-likeness (QED) is 0.207. The number of nitrogens with one attached hydrogen (secondary N) is 1. The van der Waals surface area contributed by atoms with E-state index in [-0.39, 0.29) is 5.91 Å². The summed E-state index contributed by atoms with van der Waals surface area (Å²) in [6.45, 7) is 12.3. The van der Waals surface area contributed by atoms with E-state index < -0.39 is 0 Å². The van der Waals surface area contributed by atoms with Gasteiger partial charge in [-0.1, -0.05) is 19.9 Å². The third-order valence-corrected chi connectivity index (χ3v) is 8.93. The number of hydrogen-bond acceptors (Lipinski definition) is 9. The molecule has 4 aromatic rings. The number of nitrogens with zero attached hydrogens (tertiary/aromatic N) is 5. The number of carbonyl (C=O) groups excluding carboxylic acids is 1. The molecule has 42 heavy (non-hydrogen) atoms. The van der Waals surface area contributed by atoms with Crippen LogP contribution in [0.15, 0.2) is 35.4 Å². The van der Waals surface area contributed by atoms with Gasteiger partial charge in [0, 0.05) is 50.4 Å². The fourth-order valence-corrected chi connectivity index (χ4v) is 6.80. The van der Waals surface area contributed by atoms with Gasteiger partial charge in [0.2, 0.25) is 11.8 Å². The Morgan fingerprint density at radius 1 is 1.19 bits per heavy atom. The van der Waals surface area contributed by atoms with Crippen LogP contribution in [0.5, 0.6) is 0 Å². The molecule has 0 bridgehead atoms. The number of aromatic nitrogens is 4. The zero-order valence-corrected chi connectivity index (χ0v) is 25.9. The smallest absolute Gasteiger partial charge is 0.256 e. The van der Waals surface area contributed by atoms with Crippen LogP contribution in [0.1, 0.15) is 73.6 Å².